The van der Waals surface area contributed by atoms with Crippen molar-refractivity contribution >= 4 is 17.4 Å². The lowest BCUT2D eigenvalue weighted by Crippen LogP contribution is -2.18. The molecular weight excluding hydrogens is 309 g/mol. The van der Waals surface area contributed by atoms with Gasteiger partial charge in [0.25, 0.3) is 0 Å². The first-order valence-corrected chi connectivity index (χ1v) is 7.00. The molecule has 0 saturated carbocycles. The van der Waals surface area contributed by atoms with Crippen molar-refractivity contribution in [1.82, 2.24) is 4.98 Å². The van der Waals surface area contributed by atoms with Gasteiger partial charge in [0.15, 0.2) is 0 Å². The van der Waals surface area contributed by atoms with Gasteiger partial charge < -0.3 is 14.8 Å². The lowest BCUT2D eigenvalue weighted by molar-refractivity contribution is -0.137. The van der Waals surface area contributed by atoms with Crippen molar-refractivity contribution in [3.8, 4) is 0 Å². The number of hydrogen-bond acceptors (Lipinski definition) is 4. The SMILES string of the molecule is FC(F)(F)c1cnc(NCCOCC2CCCO2)c(Cl)c1. The fourth-order valence-electron chi connectivity index (χ4n) is 1.96. The normalized spacial score (nSPS) is 19.0. The minimum Gasteiger partial charge on any atom is -0.377 e. The van der Waals surface area contributed by atoms with Gasteiger partial charge in [-0.1, -0.05) is 11.6 Å². The van der Waals surface area contributed by atoms with Crippen LogP contribution in [0.25, 0.3) is 0 Å². The van der Waals surface area contributed by atoms with Crippen LogP contribution in [0.4, 0.5) is 19.0 Å². The predicted octanol–water partition coefficient (Wildman–Crippen LogP) is 3.36. The Morgan fingerprint density at radius 3 is 2.90 bits per heavy atom. The number of anilines is 1. The van der Waals surface area contributed by atoms with Crippen LogP contribution in [0.15, 0.2) is 12.3 Å². The van der Waals surface area contributed by atoms with Gasteiger partial charge in [-0.15, -0.1) is 0 Å². The Hall–Kier alpha value is -1.05. The predicted molar refractivity (Wildman–Crippen MR) is 72.5 cm³/mol. The van der Waals surface area contributed by atoms with Crippen LogP contribution in [0, 0.1) is 0 Å². The second kappa shape index (κ2) is 7.29. The molecule has 8 heteroatoms. The minimum atomic E-state index is -4.44. The molecule has 1 N–H and O–H groups in total. The number of halogens is 4. The Morgan fingerprint density at radius 1 is 1.48 bits per heavy atom. The summed E-state index contributed by atoms with van der Waals surface area (Å²) in [4.78, 5) is 3.68. The first kappa shape index (κ1) is 16.3. The highest BCUT2D eigenvalue weighted by atomic mass is 35.5. The fraction of sp³-hybridized carbons (Fsp3) is 0.615. The third kappa shape index (κ3) is 5.01. The van der Waals surface area contributed by atoms with E-state index in [4.69, 9.17) is 21.1 Å². The molecule has 0 bridgehead atoms. The van der Waals surface area contributed by atoms with Crippen molar-refractivity contribution in [3.63, 3.8) is 0 Å². The molecule has 1 aliphatic heterocycles. The van der Waals surface area contributed by atoms with Crippen molar-refractivity contribution < 1.29 is 22.6 Å². The van der Waals surface area contributed by atoms with Gasteiger partial charge in [0.2, 0.25) is 0 Å². The number of hydrogen-bond donors (Lipinski definition) is 1. The summed E-state index contributed by atoms with van der Waals surface area (Å²) in [6.07, 6.45) is -1.49. The number of ether oxygens (including phenoxy) is 2. The lowest BCUT2D eigenvalue weighted by atomic mass is 10.2. The summed E-state index contributed by atoms with van der Waals surface area (Å²) in [5, 5.41) is 2.77. The average Bonchev–Trinajstić information content (AvgIpc) is 2.92. The van der Waals surface area contributed by atoms with Gasteiger partial charge in [0, 0.05) is 19.3 Å². The van der Waals surface area contributed by atoms with Crippen LogP contribution in [0.3, 0.4) is 0 Å². The van der Waals surface area contributed by atoms with E-state index in [2.05, 4.69) is 10.3 Å². The molecule has 2 heterocycles. The van der Waals surface area contributed by atoms with Crippen molar-refractivity contribution in [1.29, 1.82) is 0 Å². The molecule has 1 unspecified atom stereocenters. The molecule has 2 rings (SSSR count). The number of rotatable bonds is 6. The summed E-state index contributed by atoms with van der Waals surface area (Å²) < 4.78 is 48.2. The molecule has 1 aromatic heterocycles. The van der Waals surface area contributed by atoms with E-state index in [0.717, 1.165) is 31.7 Å². The molecule has 21 heavy (non-hydrogen) atoms. The molecular formula is C13H16ClF3N2O2. The van der Waals surface area contributed by atoms with Gasteiger partial charge in [-0.3, -0.25) is 0 Å². The quantitative estimate of drug-likeness (QED) is 0.815. The van der Waals surface area contributed by atoms with Crippen LogP contribution in [-0.4, -0.2) is 37.5 Å². The van der Waals surface area contributed by atoms with E-state index >= 15 is 0 Å². The standard InChI is InChI=1S/C13H16ClF3N2O2/c14-11-6-9(13(15,16)17)7-19-12(11)18-3-5-20-8-10-2-1-4-21-10/h6-7,10H,1-5,8H2,(H,18,19). The molecule has 1 atom stereocenters. The number of nitrogens with zero attached hydrogens (tertiary/aromatic N) is 1. The zero-order valence-electron chi connectivity index (χ0n) is 11.3. The van der Waals surface area contributed by atoms with Gasteiger partial charge in [-0.05, 0) is 18.9 Å². The zero-order valence-corrected chi connectivity index (χ0v) is 12.0. The van der Waals surface area contributed by atoms with Crippen LogP contribution in [0.2, 0.25) is 5.02 Å². The van der Waals surface area contributed by atoms with Crippen molar-refractivity contribution in [2.75, 3.05) is 31.7 Å². The summed E-state index contributed by atoms with van der Waals surface area (Å²) in [6, 6.07) is 0.851. The zero-order chi connectivity index (χ0) is 15.3. The first-order chi connectivity index (χ1) is 9.97. The highest BCUT2D eigenvalue weighted by Crippen LogP contribution is 2.32. The van der Waals surface area contributed by atoms with Crippen molar-refractivity contribution in [2.24, 2.45) is 0 Å². The van der Waals surface area contributed by atoms with Gasteiger partial charge in [-0.25, -0.2) is 4.98 Å². The molecule has 118 valence electrons. The van der Waals surface area contributed by atoms with Crippen LogP contribution in [-0.2, 0) is 15.7 Å². The molecule has 0 aromatic carbocycles. The molecule has 0 radical (unpaired) electrons. The smallest absolute Gasteiger partial charge is 0.377 e. The van der Waals surface area contributed by atoms with E-state index in [9.17, 15) is 13.2 Å². The molecule has 4 nitrogen and oxygen atoms in total. The van der Waals surface area contributed by atoms with E-state index in [1.54, 1.807) is 0 Å². The molecule has 1 aromatic rings. The fourth-order valence-corrected chi connectivity index (χ4v) is 2.19. The maximum atomic E-state index is 12.4. The Labute approximate surface area is 125 Å². The van der Waals surface area contributed by atoms with E-state index in [-0.39, 0.29) is 16.9 Å². The summed E-state index contributed by atoms with van der Waals surface area (Å²) >= 11 is 5.77. The summed E-state index contributed by atoms with van der Waals surface area (Å²) in [5.41, 5.74) is -0.868. The summed E-state index contributed by atoms with van der Waals surface area (Å²) in [6.45, 7) is 2.11. The largest absolute Gasteiger partial charge is 0.417 e. The maximum Gasteiger partial charge on any atom is 0.417 e. The highest BCUT2D eigenvalue weighted by molar-refractivity contribution is 6.32. The Morgan fingerprint density at radius 2 is 2.29 bits per heavy atom. The Balaban J connectivity index is 1.73. The third-order valence-corrected chi connectivity index (χ3v) is 3.32. The second-order valence-electron chi connectivity index (χ2n) is 4.69. The molecule has 1 aliphatic rings. The summed E-state index contributed by atoms with van der Waals surface area (Å²) in [5.74, 6) is 0.213. The molecule has 0 spiro atoms. The highest BCUT2D eigenvalue weighted by Gasteiger charge is 2.31. The van der Waals surface area contributed by atoms with E-state index in [1.807, 2.05) is 0 Å². The summed E-state index contributed by atoms with van der Waals surface area (Å²) in [7, 11) is 0. The van der Waals surface area contributed by atoms with Gasteiger partial charge in [-0.2, -0.15) is 13.2 Å². The van der Waals surface area contributed by atoms with Crippen LogP contribution in [0.1, 0.15) is 18.4 Å². The molecule has 0 aliphatic carbocycles. The molecule has 1 fully saturated rings. The van der Waals surface area contributed by atoms with E-state index in [1.165, 1.54) is 0 Å². The third-order valence-electron chi connectivity index (χ3n) is 3.04. The average molecular weight is 325 g/mol. The Kier molecular flexibility index (Phi) is 5.66. The topological polar surface area (TPSA) is 43.4 Å². The first-order valence-electron chi connectivity index (χ1n) is 6.63. The lowest BCUT2D eigenvalue weighted by Gasteiger charge is -2.12. The van der Waals surface area contributed by atoms with Gasteiger partial charge in [0.1, 0.15) is 5.82 Å². The van der Waals surface area contributed by atoms with E-state index in [0.29, 0.717) is 19.8 Å². The number of aromatic nitrogens is 1. The molecule has 1 saturated heterocycles. The monoisotopic (exact) mass is 324 g/mol. The Bertz CT molecular complexity index is 465. The maximum absolute atomic E-state index is 12.4. The van der Waals surface area contributed by atoms with Crippen LogP contribution in [0.5, 0.6) is 0 Å². The van der Waals surface area contributed by atoms with E-state index < -0.39 is 11.7 Å². The number of pyridine rings is 1. The van der Waals surface area contributed by atoms with Crippen LogP contribution < -0.4 is 5.32 Å². The number of nitrogens with one attached hydrogen (secondary N) is 1. The second-order valence-corrected chi connectivity index (χ2v) is 5.10. The molecule has 0 amide bonds. The van der Waals surface area contributed by atoms with Crippen LogP contribution >= 0.6 is 11.6 Å². The van der Waals surface area contributed by atoms with Gasteiger partial charge in [0.05, 0.1) is 29.9 Å². The minimum absolute atomic E-state index is 0.0658. The van der Waals surface area contributed by atoms with Crippen molar-refractivity contribution in [2.45, 2.75) is 25.1 Å². The van der Waals surface area contributed by atoms with Crippen molar-refractivity contribution in [3.05, 3.63) is 22.8 Å². The number of alkyl halides is 3. The van der Waals surface area contributed by atoms with Gasteiger partial charge >= 0.3 is 6.18 Å².